The van der Waals surface area contributed by atoms with Gasteiger partial charge in [-0.1, -0.05) is 0 Å². The number of amides is 2. The third kappa shape index (κ3) is 3.90. The predicted molar refractivity (Wildman–Crippen MR) is 68.1 cm³/mol. The van der Waals surface area contributed by atoms with Gasteiger partial charge in [0.05, 0.1) is 24.3 Å². The van der Waals surface area contributed by atoms with Crippen LogP contribution in [0.4, 0.5) is 4.79 Å². The molecule has 19 heavy (non-hydrogen) atoms. The first kappa shape index (κ1) is 13.8. The first-order valence-corrected chi connectivity index (χ1v) is 6.78. The maximum Gasteiger partial charge on any atom is 0.315 e. The molecule has 1 saturated heterocycles. The van der Waals surface area contributed by atoms with Gasteiger partial charge in [0.25, 0.3) is 0 Å². The first-order valence-electron chi connectivity index (χ1n) is 5.90. The van der Waals surface area contributed by atoms with Crippen molar-refractivity contribution in [2.75, 3.05) is 19.8 Å². The molecule has 0 spiro atoms. The average molecular weight is 285 g/mol. The number of carboxylic acid groups (broad SMARTS) is 1. The van der Waals surface area contributed by atoms with Gasteiger partial charge in [-0.3, -0.25) is 4.79 Å². The summed E-state index contributed by atoms with van der Waals surface area (Å²) in [7, 11) is 0. The van der Waals surface area contributed by atoms with Crippen LogP contribution in [0.15, 0.2) is 11.6 Å². The lowest BCUT2D eigenvalue weighted by Gasteiger charge is -2.15. The van der Waals surface area contributed by atoms with E-state index in [-0.39, 0.29) is 19.2 Å². The molecule has 7 nitrogen and oxygen atoms in total. The summed E-state index contributed by atoms with van der Waals surface area (Å²) in [6.07, 6.45) is 2.38. The molecule has 1 aromatic rings. The molecule has 1 aliphatic heterocycles. The van der Waals surface area contributed by atoms with Gasteiger partial charge in [-0.15, -0.1) is 11.3 Å². The maximum atomic E-state index is 11.6. The van der Waals surface area contributed by atoms with E-state index in [4.69, 9.17) is 9.84 Å². The van der Waals surface area contributed by atoms with E-state index in [2.05, 4.69) is 15.6 Å². The molecule has 104 valence electrons. The lowest BCUT2D eigenvalue weighted by atomic mass is 10.0. The molecular weight excluding hydrogens is 270 g/mol. The number of nitrogens with one attached hydrogen (secondary N) is 2. The van der Waals surface area contributed by atoms with Gasteiger partial charge in [-0.05, 0) is 0 Å². The number of thiazole rings is 1. The summed E-state index contributed by atoms with van der Waals surface area (Å²) < 4.78 is 5.06. The molecule has 2 unspecified atom stereocenters. The zero-order valence-corrected chi connectivity index (χ0v) is 11.0. The zero-order chi connectivity index (χ0) is 13.7. The van der Waals surface area contributed by atoms with Gasteiger partial charge in [0.1, 0.15) is 5.92 Å². The summed E-state index contributed by atoms with van der Waals surface area (Å²) >= 11 is 1.53. The Bertz CT molecular complexity index is 437. The van der Waals surface area contributed by atoms with E-state index >= 15 is 0 Å². The van der Waals surface area contributed by atoms with Crippen LogP contribution in [-0.2, 0) is 16.0 Å². The molecule has 2 heterocycles. The van der Waals surface area contributed by atoms with Crippen LogP contribution in [0, 0.1) is 5.92 Å². The van der Waals surface area contributed by atoms with Gasteiger partial charge in [-0.2, -0.15) is 0 Å². The van der Waals surface area contributed by atoms with E-state index in [0.717, 1.165) is 5.01 Å². The lowest BCUT2D eigenvalue weighted by Crippen LogP contribution is -2.47. The summed E-state index contributed by atoms with van der Waals surface area (Å²) in [4.78, 5) is 26.6. The molecule has 0 saturated carbocycles. The SMILES string of the molecule is O=C(NCCc1nccs1)NC1COCC1C(=O)O. The van der Waals surface area contributed by atoms with Crippen molar-refractivity contribution in [1.29, 1.82) is 0 Å². The van der Waals surface area contributed by atoms with Crippen molar-refractivity contribution in [3.8, 4) is 0 Å². The first-order chi connectivity index (χ1) is 9.16. The van der Waals surface area contributed by atoms with Gasteiger partial charge >= 0.3 is 12.0 Å². The number of nitrogens with zero attached hydrogens (tertiary/aromatic N) is 1. The second-order valence-corrected chi connectivity index (χ2v) is 5.14. The third-order valence-electron chi connectivity index (χ3n) is 2.82. The minimum absolute atomic E-state index is 0.138. The van der Waals surface area contributed by atoms with Gasteiger partial charge in [0.2, 0.25) is 0 Å². The molecule has 8 heteroatoms. The molecule has 0 aliphatic carbocycles. The van der Waals surface area contributed by atoms with Crippen LogP contribution in [0.2, 0.25) is 0 Å². The van der Waals surface area contributed by atoms with Crippen molar-refractivity contribution >= 4 is 23.3 Å². The van der Waals surface area contributed by atoms with Crippen LogP contribution >= 0.6 is 11.3 Å². The molecule has 2 amide bonds. The van der Waals surface area contributed by atoms with Crippen molar-refractivity contribution in [2.24, 2.45) is 5.92 Å². The van der Waals surface area contributed by atoms with Crippen molar-refractivity contribution in [2.45, 2.75) is 12.5 Å². The van der Waals surface area contributed by atoms with Crippen LogP contribution in [-0.4, -0.2) is 47.9 Å². The largest absolute Gasteiger partial charge is 0.481 e. The standard InChI is InChI=1S/C11H15N3O4S/c15-10(16)7-5-18-6-8(7)14-11(17)13-2-1-9-12-3-4-19-9/h3-4,7-8H,1-2,5-6H2,(H,15,16)(H2,13,14,17). The summed E-state index contributed by atoms with van der Waals surface area (Å²) in [5.41, 5.74) is 0. The highest BCUT2D eigenvalue weighted by atomic mass is 32.1. The number of hydrogen-bond donors (Lipinski definition) is 3. The molecule has 2 rings (SSSR count). The van der Waals surface area contributed by atoms with Gasteiger partial charge < -0.3 is 20.5 Å². The minimum atomic E-state index is -0.953. The Morgan fingerprint density at radius 3 is 3.05 bits per heavy atom. The number of rotatable bonds is 5. The van der Waals surface area contributed by atoms with E-state index in [1.54, 1.807) is 6.20 Å². The smallest absolute Gasteiger partial charge is 0.315 e. The Balaban J connectivity index is 1.70. The highest BCUT2D eigenvalue weighted by Crippen LogP contribution is 2.13. The number of urea groups is 1. The number of aromatic nitrogens is 1. The lowest BCUT2D eigenvalue weighted by molar-refractivity contribution is -0.142. The number of ether oxygens (including phenoxy) is 1. The fourth-order valence-electron chi connectivity index (χ4n) is 1.82. The molecule has 1 aromatic heterocycles. The fourth-order valence-corrected chi connectivity index (χ4v) is 2.44. The third-order valence-corrected chi connectivity index (χ3v) is 3.66. The van der Waals surface area contributed by atoms with Crippen molar-refractivity contribution in [3.63, 3.8) is 0 Å². The molecule has 1 aliphatic rings. The Labute approximate surface area is 114 Å². The van der Waals surface area contributed by atoms with Gasteiger partial charge in [0.15, 0.2) is 0 Å². The van der Waals surface area contributed by atoms with Crippen molar-refractivity contribution < 1.29 is 19.4 Å². The molecule has 2 atom stereocenters. The topological polar surface area (TPSA) is 101 Å². The van der Waals surface area contributed by atoms with Crippen LogP contribution in [0.3, 0.4) is 0 Å². The van der Waals surface area contributed by atoms with Crippen LogP contribution in [0.1, 0.15) is 5.01 Å². The van der Waals surface area contributed by atoms with Crippen LogP contribution in [0.25, 0.3) is 0 Å². The Morgan fingerprint density at radius 2 is 2.37 bits per heavy atom. The number of aliphatic carboxylic acids is 1. The molecule has 0 aromatic carbocycles. The molecule has 0 radical (unpaired) electrons. The van der Waals surface area contributed by atoms with Crippen molar-refractivity contribution in [1.82, 2.24) is 15.6 Å². The number of carbonyl (C=O) groups excluding carboxylic acids is 1. The Kier molecular flexibility index (Phi) is 4.69. The minimum Gasteiger partial charge on any atom is -0.481 e. The molecule has 1 fully saturated rings. The van der Waals surface area contributed by atoms with E-state index in [0.29, 0.717) is 13.0 Å². The highest BCUT2D eigenvalue weighted by molar-refractivity contribution is 7.09. The number of carboxylic acids is 1. The van der Waals surface area contributed by atoms with E-state index in [9.17, 15) is 9.59 Å². The summed E-state index contributed by atoms with van der Waals surface area (Å²) in [5, 5.41) is 17.1. The number of carbonyl (C=O) groups is 2. The van der Waals surface area contributed by atoms with E-state index in [1.807, 2.05) is 5.38 Å². The molecular formula is C11H15N3O4S. The molecule has 3 N–H and O–H groups in total. The highest BCUT2D eigenvalue weighted by Gasteiger charge is 2.34. The predicted octanol–water partition coefficient (Wildman–Crippen LogP) is 0.0844. The Morgan fingerprint density at radius 1 is 1.53 bits per heavy atom. The average Bonchev–Trinajstić information content (AvgIpc) is 2.99. The number of hydrogen-bond acceptors (Lipinski definition) is 5. The monoisotopic (exact) mass is 285 g/mol. The normalized spacial score (nSPS) is 22.1. The molecule has 0 bridgehead atoms. The summed E-state index contributed by atoms with van der Waals surface area (Å²) in [6.45, 7) is 0.834. The zero-order valence-electron chi connectivity index (χ0n) is 10.2. The van der Waals surface area contributed by atoms with Gasteiger partial charge in [-0.25, -0.2) is 9.78 Å². The second-order valence-electron chi connectivity index (χ2n) is 4.16. The Hall–Kier alpha value is -1.67. The fraction of sp³-hybridized carbons (Fsp3) is 0.545. The summed E-state index contributed by atoms with van der Waals surface area (Å²) in [5.74, 6) is -1.63. The van der Waals surface area contributed by atoms with Crippen LogP contribution < -0.4 is 10.6 Å². The van der Waals surface area contributed by atoms with Crippen LogP contribution in [0.5, 0.6) is 0 Å². The quantitative estimate of drug-likeness (QED) is 0.711. The van der Waals surface area contributed by atoms with Gasteiger partial charge in [0, 0.05) is 24.5 Å². The van der Waals surface area contributed by atoms with E-state index in [1.165, 1.54) is 11.3 Å². The second kappa shape index (κ2) is 6.48. The maximum absolute atomic E-state index is 11.6. The van der Waals surface area contributed by atoms with E-state index < -0.39 is 17.9 Å². The summed E-state index contributed by atoms with van der Waals surface area (Å²) in [6, 6.07) is -0.851. The van der Waals surface area contributed by atoms with Crippen molar-refractivity contribution in [3.05, 3.63) is 16.6 Å².